The Balaban J connectivity index is -0.000000365. The molecule has 2 rings (SSSR count). The number of carbonyl (C=O) groups is 1. The predicted molar refractivity (Wildman–Crippen MR) is 158 cm³/mol. The van der Waals surface area contributed by atoms with Crippen molar-refractivity contribution in [3.8, 4) is 0 Å². The molecule has 2 nitrogen and oxygen atoms in total. The summed E-state index contributed by atoms with van der Waals surface area (Å²) in [7, 11) is 0. The quantitative estimate of drug-likeness (QED) is 0.257. The van der Waals surface area contributed by atoms with Crippen molar-refractivity contribution in [1.82, 2.24) is 0 Å². The Hall–Kier alpha value is -1.74. The molecule has 0 fully saturated rings. The third kappa shape index (κ3) is 34.9. The second-order valence-electron chi connectivity index (χ2n) is 8.17. The van der Waals surface area contributed by atoms with Crippen LogP contribution in [-0.4, -0.2) is 16.8 Å². The molecule has 0 radical (unpaired) electrons. The van der Waals surface area contributed by atoms with Crippen LogP contribution in [0.1, 0.15) is 121 Å². The molecule has 2 aromatic rings. The van der Waals surface area contributed by atoms with E-state index in [0.717, 1.165) is 5.75 Å². The van der Waals surface area contributed by atoms with Crippen molar-refractivity contribution in [2.45, 2.75) is 112 Å². The summed E-state index contributed by atoms with van der Waals surface area (Å²) in [6.45, 7) is 13.1. The molecule has 196 valence electrons. The van der Waals surface area contributed by atoms with Crippen molar-refractivity contribution in [3.05, 3.63) is 71.8 Å². The minimum absolute atomic E-state index is 0.331. The lowest BCUT2D eigenvalue weighted by Crippen LogP contribution is -1.93. The molecule has 0 heterocycles. The third-order valence-electron chi connectivity index (χ3n) is 4.68. The molecule has 0 saturated heterocycles. The van der Waals surface area contributed by atoms with E-state index < -0.39 is 5.97 Å². The van der Waals surface area contributed by atoms with Gasteiger partial charge in [-0.25, -0.2) is 4.79 Å². The number of aryl methyl sites for hydroxylation is 1. The minimum atomic E-state index is -0.879. The molecule has 0 unspecified atom stereocenters. The highest BCUT2D eigenvalue weighted by atomic mass is 32.1. The Morgan fingerprint density at radius 2 is 1.03 bits per heavy atom. The third-order valence-corrected chi connectivity index (χ3v) is 5.00. The van der Waals surface area contributed by atoms with Crippen LogP contribution >= 0.6 is 12.6 Å². The van der Waals surface area contributed by atoms with Gasteiger partial charge >= 0.3 is 5.97 Å². The molecule has 3 heteroatoms. The Bertz CT molecular complexity index is 589. The molecule has 0 aliphatic heterocycles. The van der Waals surface area contributed by atoms with Crippen molar-refractivity contribution >= 4 is 18.6 Å². The van der Waals surface area contributed by atoms with Gasteiger partial charge in [0.05, 0.1) is 5.56 Å². The summed E-state index contributed by atoms with van der Waals surface area (Å²) in [5, 5.41) is 8.38. The number of carboxylic acid groups (broad SMARTS) is 1. The maximum atomic E-state index is 10.2. The van der Waals surface area contributed by atoms with Crippen LogP contribution in [0, 0.1) is 6.92 Å². The van der Waals surface area contributed by atoms with Crippen molar-refractivity contribution in [1.29, 1.82) is 0 Å². The van der Waals surface area contributed by atoms with Gasteiger partial charge in [0.1, 0.15) is 0 Å². The van der Waals surface area contributed by atoms with Gasteiger partial charge in [-0.05, 0) is 31.2 Å². The first-order valence-corrected chi connectivity index (χ1v) is 14.0. The molecule has 0 atom stereocenters. The first-order valence-electron chi connectivity index (χ1n) is 13.4. The van der Waals surface area contributed by atoms with Crippen LogP contribution < -0.4 is 0 Å². The van der Waals surface area contributed by atoms with E-state index in [4.69, 9.17) is 5.11 Å². The molecule has 2 aromatic carbocycles. The topological polar surface area (TPSA) is 37.3 Å². The van der Waals surface area contributed by atoms with Gasteiger partial charge in [0, 0.05) is 0 Å². The summed E-state index contributed by atoms with van der Waals surface area (Å²) < 4.78 is 0. The van der Waals surface area contributed by atoms with Crippen molar-refractivity contribution in [2.75, 3.05) is 5.75 Å². The second kappa shape index (κ2) is 33.4. The number of hydrogen-bond donors (Lipinski definition) is 2. The Labute approximate surface area is 218 Å². The molecule has 0 saturated carbocycles. The van der Waals surface area contributed by atoms with Crippen LogP contribution in [0.2, 0.25) is 0 Å². The fourth-order valence-corrected chi connectivity index (χ4v) is 2.58. The van der Waals surface area contributed by atoms with E-state index in [1.807, 2.05) is 18.2 Å². The number of benzene rings is 2. The van der Waals surface area contributed by atoms with E-state index in [0.29, 0.717) is 5.56 Å². The summed E-state index contributed by atoms with van der Waals surface area (Å²) in [5.41, 5.74) is 1.65. The number of aromatic carboxylic acids is 1. The maximum absolute atomic E-state index is 10.2. The number of carboxylic acids is 1. The summed E-state index contributed by atoms with van der Waals surface area (Å²) in [5.74, 6) is 0.183. The van der Waals surface area contributed by atoms with Gasteiger partial charge in [-0.3, -0.25) is 0 Å². The van der Waals surface area contributed by atoms with Crippen LogP contribution in [0.15, 0.2) is 60.7 Å². The first kappa shape index (κ1) is 36.8. The first-order chi connectivity index (χ1) is 16.4. The smallest absolute Gasteiger partial charge is 0.335 e. The Morgan fingerprint density at radius 1 is 0.618 bits per heavy atom. The minimum Gasteiger partial charge on any atom is -0.478 e. The lowest BCUT2D eigenvalue weighted by Gasteiger charge is -1.95. The second-order valence-corrected chi connectivity index (χ2v) is 8.62. The molecule has 0 aliphatic rings. The van der Waals surface area contributed by atoms with E-state index in [-0.39, 0.29) is 0 Å². The monoisotopic (exact) mass is 490 g/mol. The molecule has 34 heavy (non-hydrogen) atoms. The number of rotatable bonds is 10. The zero-order valence-electron chi connectivity index (χ0n) is 23.1. The number of thiol groups is 1. The molecule has 0 spiro atoms. The largest absolute Gasteiger partial charge is 0.478 e. The lowest BCUT2D eigenvalue weighted by molar-refractivity contribution is 0.0697. The fraction of sp³-hybridized carbons (Fsp3) is 0.581. The maximum Gasteiger partial charge on any atom is 0.335 e. The summed E-state index contributed by atoms with van der Waals surface area (Å²) >= 11 is 4.15. The molecule has 0 aromatic heterocycles. The van der Waals surface area contributed by atoms with Crippen LogP contribution in [-0.2, 0) is 0 Å². The summed E-state index contributed by atoms with van der Waals surface area (Å²) in [6.07, 6.45) is 15.0. The highest BCUT2D eigenvalue weighted by Crippen LogP contribution is 2.04. The lowest BCUT2D eigenvalue weighted by atomic mass is 10.1. The standard InChI is InChI=1S/C8H18S.C7H6O2.C7H8.C5H12.C4H10/c1-2-3-4-5-6-7-8-9;8-7(9)6-4-2-1-3-5-6;1-7-5-3-2-4-6-7;1-3-5-4-2;1-3-4-2/h9H,2-8H2,1H3;1-5H,(H,8,9);2-6H,1H3;3-5H2,1-2H3;3-4H2,1-2H3. The van der Waals surface area contributed by atoms with Crippen LogP contribution in [0.4, 0.5) is 0 Å². The van der Waals surface area contributed by atoms with Gasteiger partial charge in [-0.2, -0.15) is 12.6 Å². The molecular formula is C31H54O2S. The average Bonchev–Trinajstić information content (AvgIpc) is 2.87. The van der Waals surface area contributed by atoms with E-state index in [2.05, 4.69) is 66.3 Å². The summed E-state index contributed by atoms with van der Waals surface area (Å²) in [6, 6.07) is 18.6. The van der Waals surface area contributed by atoms with E-state index in [1.54, 1.807) is 30.3 Å². The molecule has 0 amide bonds. The van der Waals surface area contributed by atoms with Gasteiger partial charge in [-0.15, -0.1) is 0 Å². The number of hydrogen-bond acceptors (Lipinski definition) is 2. The number of unbranched alkanes of at least 4 members (excludes halogenated alkanes) is 8. The van der Waals surface area contributed by atoms with Crippen LogP contribution in [0.25, 0.3) is 0 Å². The van der Waals surface area contributed by atoms with E-state index in [9.17, 15) is 4.79 Å². The highest BCUT2D eigenvalue weighted by Gasteiger charge is 1.96. The van der Waals surface area contributed by atoms with Gasteiger partial charge in [-0.1, -0.05) is 153 Å². The summed E-state index contributed by atoms with van der Waals surface area (Å²) in [4.78, 5) is 10.2. The van der Waals surface area contributed by atoms with E-state index >= 15 is 0 Å². The Kier molecular flexibility index (Phi) is 36.2. The highest BCUT2D eigenvalue weighted by molar-refractivity contribution is 7.80. The van der Waals surface area contributed by atoms with Crippen molar-refractivity contribution in [2.24, 2.45) is 0 Å². The van der Waals surface area contributed by atoms with Crippen LogP contribution in [0.5, 0.6) is 0 Å². The predicted octanol–water partition coefficient (Wildman–Crippen LogP) is 10.7. The average molecular weight is 491 g/mol. The fourth-order valence-electron chi connectivity index (χ4n) is 2.36. The Morgan fingerprint density at radius 3 is 1.29 bits per heavy atom. The van der Waals surface area contributed by atoms with Crippen molar-refractivity contribution < 1.29 is 9.90 Å². The van der Waals surface area contributed by atoms with Gasteiger partial charge < -0.3 is 5.11 Å². The van der Waals surface area contributed by atoms with Gasteiger partial charge in [0.15, 0.2) is 0 Å². The molecular weight excluding hydrogens is 436 g/mol. The molecule has 1 N–H and O–H groups in total. The zero-order valence-corrected chi connectivity index (χ0v) is 24.0. The molecule has 0 aliphatic carbocycles. The van der Waals surface area contributed by atoms with Gasteiger partial charge in [0.25, 0.3) is 0 Å². The van der Waals surface area contributed by atoms with Crippen LogP contribution in [0.3, 0.4) is 0 Å². The zero-order chi connectivity index (χ0) is 26.3. The van der Waals surface area contributed by atoms with E-state index in [1.165, 1.54) is 76.2 Å². The normalized spacial score (nSPS) is 8.91. The molecule has 0 bridgehead atoms. The van der Waals surface area contributed by atoms with Gasteiger partial charge in [0.2, 0.25) is 0 Å². The SMILES string of the molecule is CCCC.CCCCC.CCCCCCCCS.Cc1ccccc1.O=C(O)c1ccccc1. The van der Waals surface area contributed by atoms with Crippen molar-refractivity contribution in [3.63, 3.8) is 0 Å².